The third-order valence-electron chi connectivity index (χ3n) is 4.93. The molecule has 4 nitrogen and oxygen atoms in total. The molecule has 1 aliphatic heterocycles. The second-order valence-electron chi connectivity index (χ2n) is 6.88. The minimum Gasteiger partial charge on any atom is -0.353 e. The fourth-order valence-corrected chi connectivity index (χ4v) is 3.30. The second kappa shape index (κ2) is 8.33. The standard InChI is InChI=1S/C18H28N4.HI/c1-13-9-17(13)21-18(19-3)20-16-10-14(2)22(12-16)11-15-7-5-4-6-8-15;/h4-8,13-14,16-17H,9-12H2,1-3H3,(H2,19,20,21);1H. The van der Waals surface area contributed by atoms with E-state index < -0.39 is 0 Å². The van der Waals surface area contributed by atoms with E-state index in [1.165, 1.54) is 18.4 Å². The van der Waals surface area contributed by atoms with E-state index in [0.29, 0.717) is 18.1 Å². The van der Waals surface area contributed by atoms with E-state index in [1.54, 1.807) is 0 Å². The van der Waals surface area contributed by atoms with Gasteiger partial charge in [0.2, 0.25) is 0 Å². The highest BCUT2D eigenvalue weighted by molar-refractivity contribution is 14.0. The minimum absolute atomic E-state index is 0. The van der Waals surface area contributed by atoms with E-state index in [0.717, 1.165) is 25.0 Å². The number of likely N-dealkylation sites (tertiary alicyclic amines) is 1. The van der Waals surface area contributed by atoms with Gasteiger partial charge in [-0.15, -0.1) is 24.0 Å². The Morgan fingerprint density at radius 3 is 2.48 bits per heavy atom. The van der Waals surface area contributed by atoms with Crippen LogP contribution < -0.4 is 10.6 Å². The van der Waals surface area contributed by atoms with Gasteiger partial charge in [-0.2, -0.15) is 0 Å². The van der Waals surface area contributed by atoms with Crippen molar-refractivity contribution in [1.29, 1.82) is 0 Å². The van der Waals surface area contributed by atoms with Gasteiger partial charge in [-0.25, -0.2) is 0 Å². The molecular weight excluding hydrogens is 399 g/mol. The second-order valence-corrected chi connectivity index (χ2v) is 6.88. The van der Waals surface area contributed by atoms with Crippen LogP contribution in [0, 0.1) is 5.92 Å². The molecule has 1 aromatic rings. The number of nitrogens with zero attached hydrogens (tertiary/aromatic N) is 2. The molecule has 5 heteroatoms. The van der Waals surface area contributed by atoms with E-state index >= 15 is 0 Å². The number of rotatable bonds is 4. The molecule has 1 heterocycles. The van der Waals surface area contributed by atoms with E-state index in [2.05, 4.69) is 64.7 Å². The van der Waals surface area contributed by atoms with Crippen molar-refractivity contribution in [3.63, 3.8) is 0 Å². The molecule has 1 saturated heterocycles. The maximum absolute atomic E-state index is 4.38. The molecule has 23 heavy (non-hydrogen) atoms. The van der Waals surface area contributed by atoms with Crippen molar-refractivity contribution >= 4 is 29.9 Å². The first-order valence-corrected chi connectivity index (χ1v) is 8.43. The van der Waals surface area contributed by atoms with Crippen LogP contribution in [0.1, 0.15) is 32.3 Å². The predicted molar refractivity (Wildman–Crippen MR) is 107 cm³/mol. The summed E-state index contributed by atoms with van der Waals surface area (Å²) >= 11 is 0. The zero-order chi connectivity index (χ0) is 15.5. The number of aliphatic imine (C=N–C) groups is 1. The van der Waals surface area contributed by atoms with Gasteiger partial charge >= 0.3 is 0 Å². The normalized spacial score (nSPS) is 30.7. The first-order chi connectivity index (χ1) is 10.7. The van der Waals surface area contributed by atoms with Crippen LogP contribution in [0.5, 0.6) is 0 Å². The van der Waals surface area contributed by atoms with Gasteiger partial charge in [-0.1, -0.05) is 37.3 Å². The molecule has 128 valence electrons. The van der Waals surface area contributed by atoms with Crippen molar-refractivity contribution in [1.82, 2.24) is 15.5 Å². The van der Waals surface area contributed by atoms with Gasteiger partial charge in [0.15, 0.2) is 5.96 Å². The molecule has 1 aliphatic carbocycles. The van der Waals surface area contributed by atoms with Crippen molar-refractivity contribution in [2.45, 2.75) is 51.4 Å². The number of halogens is 1. The zero-order valence-electron chi connectivity index (χ0n) is 14.3. The molecule has 0 bridgehead atoms. The van der Waals surface area contributed by atoms with E-state index in [-0.39, 0.29) is 24.0 Å². The number of benzene rings is 1. The summed E-state index contributed by atoms with van der Waals surface area (Å²) in [5.41, 5.74) is 1.39. The molecule has 0 radical (unpaired) electrons. The molecule has 4 atom stereocenters. The Bertz CT molecular complexity index is 519. The maximum Gasteiger partial charge on any atom is 0.191 e. The van der Waals surface area contributed by atoms with Gasteiger partial charge in [0, 0.05) is 38.3 Å². The van der Waals surface area contributed by atoms with Gasteiger partial charge in [0.1, 0.15) is 0 Å². The molecule has 0 amide bonds. The fourth-order valence-electron chi connectivity index (χ4n) is 3.30. The Morgan fingerprint density at radius 1 is 1.17 bits per heavy atom. The Morgan fingerprint density at radius 2 is 1.87 bits per heavy atom. The molecular formula is C18H29IN4. The van der Waals surface area contributed by atoms with Crippen LogP contribution in [0.3, 0.4) is 0 Å². The Kier molecular flexibility index (Phi) is 6.71. The summed E-state index contributed by atoms with van der Waals surface area (Å²) in [6.07, 6.45) is 2.44. The van der Waals surface area contributed by atoms with Crippen LogP contribution in [0.4, 0.5) is 0 Å². The lowest BCUT2D eigenvalue weighted by molar-refractivity contribution is 0.258. The summed E-state index contributed by atoms with van der Waals surface area (Å²) < 4.78 is 0. The molecule has 2 aliphatic rings. The molecule has 3 rings (SSSR count). The molecule has 4 unspecified atom stereocenters. The van der Waals surface area contributed by atoms with Gasteiger partial charge in [0.25, 0.3) is 0 Å². The fraction of sp³-hybridized carbons (Fsp3) is 0.611. The summed E-state index contributed by atoms with van der Waals surface area (Å²) in [5, 5.41) is 7.12. The minimum atomic E-state index is 0. The van der Waals surface area contributed by atoms with Crippen molar-refractivity contribution in [2.24, 2.45) is 10.9 Å². The molecule has 0 spiro atoms. The zero-order valence-corrected chi connectivity index (χ0v) is 16.7. The smallest absolute Gasteiger partial charge is 0.191 e. The monoisotopic (exact) mass is 428 g/mol. The van der Waals surface area contributed by atoms with E-state index in [4.69, 9.17) is 0 Å². The van der Waals surface area contributed by atoms with Crippen LogP contribution in [-0.4, -0.2) is 42.6 Å². The number of guanidine groups is 1. The van der Waals surface area contributed by atoms with Crippen molar-refractivity contribution in [2.75, 3.05) is 13.6 Å². The molecule has 2 fully saturated rings. The lowest BCUT2D eigenvalue weighted by atomic mass is 10.2. The van der Waals surface area contributed by atoms with Gasteiger partial charge < -0.3 is 10.6 Å². The summed E-state index contributed by atoms with van der Waals surface area (Å²) in [6.45, 7) is 6.72. The lowest BCUT2D eigenvalue weighted by Gasteiger charge is -2.21. The third-order valence-corrected chi connectivity index (χ3v) is 4.93. The number of nitrogens with one attached hydrogen (secondary N) is 2. The lowest BCUT2D eigenvalue weighted by Crippen LogP contribution is -2.45. The quantitative estimate of drug-likeness (QED) is 0.440. The van der Waals surface area contributed by atoms with Crippen molar-refractivity contribution < 1.29 is 0 Å². The summed E-state index contributed by atoms with van der Waals surface area (Å²) in [4.78, 5) is 6.93. The highest BCUT2D eigenvalue weighted by atomic mass is 127. The maximum atomic E-state index is 4.38. The van der Waals surface area contributed by atoms with E-state index in [9.17, 15) is 0 Å². The van der Waals surface area contributed by atoms with Gasteiger partial charge in [0.05, 0.1) is 0 Å². The Hall–Kier alpha value is -0.820. The average molecular weight is 428 g/mol. The third kappa shape index (κ3) is 5.08. The summed E-state index contributed by atoms with van der Waals surface area (Å²) in [7, 11) is 1.86. The Labute approximate surface area is 157 Å². The predicted octanol–water partition coefficient (Wildman–Crippen LogP) is 2.84. The van der Waals surface area contributed by atoms with Crippen LogP contribution in [0.15, 0.2) is 35.3 Å². The first-order valence-electron chi connectivity index (χ1n) is 8.43. The molecule has 0 aromatic heterocycles. The molecule has 2 N–H and O–H groups in total. The van der Waals surface area contributed by atoms with Crippen LogP contribution in [0.25, 0.3) is 0 Å². The van der Waals surface area contributed by atoms with Crippen LogP contribution in [-0.2, 0) is 6.54 Å². The Balaban J connectivity index is 0.00000192. The first kappa shape index (κ1) is 18.5. The van der Waals surface area contributed by atoms with Crippen LogP contribution in [0.2, 0.25) is 0 Å². The molecule has 1 aromatic carbocycles. The molecule has 1 saturated carbocycles. The summed E-state index contributed by atoms with van der Waals surface area (Å²) in [6, 6.07) is 12.4. The SMILES string of the molecule is CN=C(NC1CC(C)N(Cc2ccccc2)C1)NC1CC1C.I. The number of hydrogen-bond acceptors (Lipinski definition) is 2. The van der Waals surface area contributed by atoms with Crippen molar-refractivity contribution in [3.05, 3.63) is 35.9 Å². The highest BCUT2D eigenvalue weighted by Gasteiger charge is 2.34. The largest absolute Gasteiger partial charge is 0.353 e. The highest BCUT2D eigenvalue weighted by Crippen LogP contribution is 2.29. The topological polar surface area (TPSA) is 39.7 Å². The summed E-state index contributed by atoms with van der Waals surface area (Å²) in [5.74, 6) is 1.75. The van der Waals surface area contributed by atoms with Gasteiger partial charge in [-0.05, 0) is 31.2 Å². The van der Waals surface area contributed by atoms with Gasteiger partial charge in [-0.3, -0.25) is 9.89 Å². The number of hydrogen-bond donors (Lipinski definition) is 2. The van der Waals surface area contributed by atoms with Crippen LogP contribution >= 0.6 is 24.0 Å². The average Bonchev–Trinajstić information content (AvgIpc) is 3.10. The van der Waals surface area contributed by atoms with E-state index in [1.807, 2.05) is 7.05 Å². The van der Waals surface area contributed by atoms with Crippen molar-refractivity contribution in [3.8, 4) is 0 Å².